The van der Waals surface area contributed by atoms with Crippen molar-refractivity contribution in [2.45, 2.75) is 6.42 Å². The number of hydrogen-bond acceptors (Lipinski definition) is 6. The van der Waals surface area contributed by atoms with Crippen molar-refractivity contribution >= 4 is 17.6 Å². The summed E-state index contributed by atoms with van der Waals surface area (Å²) >= 11 is 0. The zero-order valence-electron chi connectivity index (χ0n) is 10.8. The van der Waals surface area contributed by atoms with E-state index in [0.29, 0.717) is 0 Å². The Kier molecular flexibility index (Phi) is 5.13. The van der Waals surface area contributed by atoms with E-state index >= 15 is 0 Å². The van der Waals surface area contributed by atoms with Gasteiger partial charge in [0.05, 0.1) is 19.1 Å². The molecule has 0 aliphatic heterocycles. The zero-order valence-corrected chi connectivity index (χ0v) is 10.8. The molecule has 0 fully saturated rings. The van der Waals surface area contributed by atoms with Gasteiger partial charge in [-0.2, -0.15) is 0 Å². The number of hydrogen-bond donors (Lipinski definition) is 0. The van der Waals surface area contributed by atoms with E-state index in [1.54, 1.807) is 0 Å². The largest absolute Gasteiger partial charge is 0.468 e. The summed E-state index contributed by atoms with van der Waals surface area (Å²) in [5.41, 5.74) is -0.472. The van der Waals surface area contributed by atoms with Crippen molar-refractivity contribution in [3.8, 4) is 0 Å². The van der Waals surface area contributed by atoms with Gasteiger partial charge in [-0.05, 0) is 12.1 Å². The number of nitro groups is 1. The Morgan fingerprint density at radius 3 is 2.30 bits per heavy atom. The SMILES string of the molecule is COC(=O)C(Cc1cc(F)ccc1[N+](=O)[O-])C(=O)OC. The summed E-state index contributed by atoms with van der Waals surface area (Å²) in [5.74, 6) is -3.91. The average molecular weight is 285 g/mol. The summed E-state index contributed by atoms with van der Waals surface area (Å²) in [6.45, 7) is 0. The molecule has 0 spiro atoms. The van der Waals surface area contributed by atoms with E-state index in [2.05, 4.69) is 9.47 Å². The van der Waals surface area contributed by atoms with Gasteiger partial charge in [0, 0.05) is 18.1 Å². The van der Waals surface area contributed by atoms with Crippen molar-refractivity contribution in [3.05, 3.63) is 39.7 Å². The average Bonchev–Trinajstić information content (AvgIpc) is 2.42. The standard InChI is InChI=1S/C12H12FNO6/c1-19-11(15)9(12(16)20-2)6-7-5-8(13)3-4-10(7)14(17)18/h3-5,9H,6H2,1-2H3. The number of ether oxygens (including phenoxy) is 2. The van der Waals surface area contributed by atoms with Crippen LogP contribution >= 0.6 is 0 Å². The van der Waals surface area contributed by atoms with Crippen LogP contribution in [0, 0.1) is 21.8 Å². The third-order valence-corrected chi connectivity index (χ3v) is 2.63. The molecule has 1 aromatic rings. The van der Waals surface area contributed by atoms with Crippen LogP contribution in [0.15, 0.2) is 18.2 Å². The first-order valence-electron chi connectivity index (χ1n) is 5.49. The van der Waals surface area contributed by atoms with Gasteiger partial charge in [-0.25, -0.2) is 4.39 Å². The summed E-state index contributed by atoms with van der Waals surface area (Å²) in [4.78, 5) is 33.1. The minimum atomic E-state index is -1.38. The lowest BCUT2D eigenvalue weighted by Crippen LogP contribution is -2.28. The van der Waals surface area contributed by atoms with Crippen LogP contribution < -0.4 is 0 Å². The molecular weight excluding hydrogens is 273 g/mol. The fourth-order valence-corrected chi connectivity index (χ4v) is 1.66. The van der Waals surface area contributed by atoms with Crippen LogP contribution in [-0.2, 0) is 25.5 Å². The maximum atomic E-state index is 13.2. The normalized spacial score (nSPS) is 10.2. The molecule has 0 bridgehead atoms. The molecule has 0 aromatic heterocycles. The number of carbonyl (C=O) groups is 2. The summed E-state index contributed by atoms with van der Waals surface area (Å²) < 4.78 is 22.0. The molecule has 1 aromatic carbocycles. The van der Waals surface area contributed by atoms with Gasteiger partial charge in [0.1, 0.15) is 5.82 Å². The zero-order chi connectivity index (χ0) is 15.3. The van der Waals surface area contributed by atoms with Crippen molar-refractivity contribution in [1.82, 2.24) is 0 Å². The molecule has 0 N–H and O–H groups in total. The third-order valence-electron chi connectivity index (χ3n) is 2.63. The monoisotopic (exact) mass is 285 g/mol. The van der Waals surface area contributed by atoms with E-state index in [0.717, 1.165) is 32.4 Å². The summed E-state index contributed by atoms with van der Waals surface area (Å²) in [7, 11) is 2.14. The number of carbonyl (C=O) groups excluding carboxylic acids is 2. The highest BCUT2D eigenvalue weighted by atomic mass is 19.1. The Labute approximate surface area is 113 Å². The lowest BCUT2D eigenvalue weighted by Gasteiger charge is -2.12. The molecule has 20 heavy (non-hydrogen) atoms. The van der Waals surface area contributed by atoms with Crippen molar-refractivity contribution in [2.24, 2.45) is 5.92 Å². The molecule has 0 saturated carbocycles. The highest BCUT2D eigenvalue weighted by Gasteiger charge is 2.31. The van der Waals surface area contributed by atoms with Crippen LogP contribution in [0.4, 0.5) is 10.1 Å². The molecule has 7 nitrogen and oxygen atoms in total. The van der Waals surface area contributed by atoms with Crippen molar-refractivity contribution in [3.63, 3.8) is 0 Å². The van der Waals surface area contributed by atoms with E-state index in [9.17, 15) is 24.1 Å². The first-order chi connectivity index (χ1) is 9.40. The number of halogens is 1. The fraction of sp³-hybridized carbons (Fsp3) is 0.333. The number of rotatable bonds is 5. The number of nitrogens with zero attached hydrogens (tertiary/aromatic N) is 1. The predicted molar refractivity (Wildman–Crippen MR) is 64.3 cm³/mol. The van der Waals surface area contributed by atoms with E-state index < -0.39 is 28.6 Å². The Bertz CT molecular complexity index is 529. The number of benzene rings is 1. The summed E-state index contributed by atoms with van der Waals surface area (Å²) in [5, 5.41) is 10.8. The van der Waals surface area contributed by atoms with Gasteiger partial charge in [-0.3, -0.25) is 19.7 Å². The summed E-state index contributed by atoms with van der Waals surface area (Å²) in [6.07, 6.45) is -0.382. The lowest BCUT2D eigenvalue weighted by atomic mass is 9.98. The van der Waals surface area contributed by atoms with Gasteiger partial charge in [0.2, 0.25) is 0 Å². The second-order valence-electron chi connectivity index (χ2n) is 3.83. The highest BCUT2D eigenvalue weighted by molar-refractivity contribution is 5.95. The van der Waals surface area contributed by atoms with Crippen LogP contribution in [0.1, 0.15) is 5.56 Å². The van der Waals surface area contributed by atoms with Crippen LogP contribution in [-0.4, -0.2) is 31.1 Å². The maximum absolute atomic E-state index is 13.2. The van der Waals surface area contributed by atoms with Gasteiger partial charge < -0.3 is 9.47 Å². The molecular formula is C12H12FNO6. The first-order valence-corrected chi connectivity index (χ1v) is 5.49. The Balaban J connectivity index is 3.16. The van der Waals surface area contributed by atoms with Gasteiger partial charge in [0.15, 0.2) is 5.92 Å². The van der Waals surface area contributed by atoms with E-state index in [-0.39, 0.29) is 17.7 Å². The fourth-order valence-electron chi connectivity index (χ4n) is 1.66. The van der Waals surface area contributed by atoms with Crippen molar-refractivity contribution in [1.29, 1.82) is 0 Å². The highest BCUT2D eigenvalue weighted by Crippen LogP contribution is 2.23. The molecule has 8 heteroatoms. The first kappa shape index (κ1) is 15.5. The topological polar surface area (TPSA) is 95.7 Å². The van der Waals surface area contributed by atoms with Crippen LogP contribution in [0.2, 0.25) is 0 Å². The smallest absolute Gasteiger partial charge is 0.320 e. The Hall–Kier alpha value is -2.51. The van der Waals surface area contributed by atoms with E-state index in [1.165, 1.54) is 0 Å². The lowest BCUT2D eigenvalue weighted by molar-refractivity contribution is -0.385. The van der Waals surface area contributed by atoms with Gasteiger partial charge in [-0.1, -0.05) is 0 Å². The molecule has 0 aliphatic carbocycles. The Morgan fingerprint density at radius 2 is 1.85 bits per heavy atom. The quantitative estimate of drug-likeness (QED) is 0.349. The molecule has 0 aliphatic rings. The molecule has 0 amide bonds. The van der Waals surface area contributed by atoms with Crippen LogP contribution in [0.25, 0.3) is 0 Å². The molecule has 0 heterocycles. The minimum absolute atomic E-state index is 0.0872. The van der Waals surface area contributed by atoms with Crippen LogP contribution in [0.3, 0.4) is 0 Å². The van der Waals surface area contributed by atoms with E-state index in [1.807, 2.05) is 0 Å². The number of nitro benzene ring substituents is 1. The van der Waals surface area contributed by atoms with Gasteiger partial charge in [-0.15, -0.1) is 0 Å². The number of esters is 2. The molecule has 0 radical (unpaired) electrons. The molecule has 0 atom stereocenters. The minimum Gasteiger partial charge on any atom is -0.468 e. The molecule has 0 unspecified atom stereocenters. The third kappa shape index (κ3) is 3.50. The predicted octanol–water partition coefficient (Wildman–Crippen LogP) is 1.24. The van der Waals surface area contributed by atoms with Gasteiger partial charge >= 0.3 is 11.9 Å². The molecule has 108 valence electrons. The second-order valence-corrected chi connectivity index (χ2v) is 3.83. The van der Waals surface area contributed by atoms with Crippen molar-refractivity contribution in [2.75, 3.05) is 14.2 Å². The Morgan fingerprint density at radius 1 is 1.30 bits per heavy atom. The van der Waals surface area contributed by atoms with Gasteiger partial charge in [0.25, 0.3) is 5.69 Å². The molecule has 0 saturated heterocycles. The molecule has 1 rings (SSSR count). The summed E-state index contributed by atoms with van der Waals surface area (Å²) in [6, 6.07) is 2.79. The second kappa shape index (κ2) is 6.60. The van der Waals surface area contributed by atoms with Crippen molar-refractivity contribution < 1.29 is 28.4 Å². The maximum Gasteiger partial charge on any atom is 0.320 e. The van der Waals surface area contributed by atoms with E-state index in [4.69, 9.17) is 0 Å². The van der Waals surface area contributed by atoms with Crippen LogP contribution in [0.5, 0.6) is 0 Å². The number of methoxy groups -OCH3 is 2.